The number of fused-ring (bicyclic) bond motifs is 1. The van der Waals surface area contributed by atoms with Gasteiger partial charge in [-0.1, -0.05) is 83.9 Å². The van der Waals surface area contributed by atoms with Crippen molar-refractivity contribution in [2.45, 2.75) is 77.6 Å². The predicted octanol–water partition coefficient (Wildman–Crippen LogP) is 7.03. The van der Waals surface area contributed by atoms with Crippen LogP contribution in [0.3, 0.4) is 0 Å². The first kappa shape index (κ1) is 24.7. The summed E-state index contributed by atoms with van der Waals surface area (Å²) in [5.74, 6) is -0.208. The molecule has 176 valence electrons. The van der Waals surface area contributed by atoms with Crippen molar-refractivity contribution in [3.63, 3.8) is 0 Å². The fourth-order valence-corrected chi connectivity index (χ4v) is 4.73. The Labute approximate surface area is 197 Å². The molecule has 2 aliphatic rings. The first-order valence-corrected chi connectivity index (χ1v) is 12.2. The van der Waals surface area contributed by atoms with Gasteiger partial charge in [-0.15, -0.1) is 0 Å². The van der Waals surface area contributed by atoms with Crippen LogP contribution in [-0.2, 0) is 10.2 Å². The highest BCUT2D eigenvalue weighted by atomic mass is 16.6. The van der Waals surface area contributed by atoms with Gasteiger partial charge in [-0.25, -0.2) is 0 Å². The SMILES string of the molecule is CCCCCCCCCCN1/C(=C\C=C2\C=C([N+](=O)[O-])C=CC2=O)C(C)(C)c2ccccc21. The van der Waals surface area contributed by atoms with Gasteiger partial charge in [0, 0.05) is 41.1 Å². The van der Waals surface area contributed by atoms with E-state index < -0.39 is 4.92 Å². The molecule has 0 fully saturated rings. The van der Waals surface area contributed by atoms with Crippen molar-refractivity contribution in [1.29, 1.82) is 0 Å². The molecule has 0 spiro atoms. The standard InChI is InChI=1S/C28H36N2O3/c1-4-5-6-7-8-9-10-13-20-29-25-15-12-11-14-24(25)28(2,3)27(29)19-16-22-21-23(30(32)33)17-18-26(22)31/h11-12,14-19,21H,4-10,13,20H2,1-3H3/b22-16-,27-19-. The molecule has 0 amide bonds. The van der Waals surface area contributed by atoms with Crippen LogP contribution in [0.25, 0.3) is 0 Å². The first-order valence-electron chi connectivity index (χ1n) is 12.2. The van der Waals surface area contributed by atoms with E-state index in [1.807, 2.05) is 6.08 Å². The molecule has 0 saturated carbocycles. The van der Waals surface area contributed by atoms with E-state index in [0.29, 0.717) is 5.57 Å². The normalized spacial score (nSPS) is 19.3. The number of carbonyl (C=O) groups is 1. The van der Waals surface area contributed by atoms with Gasteiger partial charge < -0.3 is 4.90 Å². The van der Waals surface area contributed by atoms with Crippen molar-refractivity contribution in [2.75, 3.05) is 11.4 Å². The molecular formula is C28H36N2O3. The summed E-state index contributed by atoms with van der Waals surface area (Å²) in [4.78, 5) is 25.3. The van der Waals surface area contributed by atoms with Crippen LogP contribution in [0.15, 0.2) is 71.6 Å². The van der Waals surface area contributed by atoms with E-state index >= 15 is 0 Å². The van der Waals surface area contributed by atoms with E-state index in [0.717, 1.165) is 18.7 Å². The topological polar surface area (TPSA) is 63.4 Å². The molecule has 0 atom stereocenters. The van der Waals surface area contributed by atoms with Crippen LogP contribution in [0, 0.1) is 10.1 Å². The van der Waals surface area contributed by atoms with Crippen molar-refractivity contribution in [1.82, 2.24) is 0 Å². The maximum atomic E-state index is 12.3. The number of unbranched alkanes of at least 4 members (excludes halogenated alkanes) is 7. The van der Waals surface area contributed by atoms with Gasteiger partial charge in [-0.2, -0.15) is 0 Å². The summed E-state index contributed by atoms with van der Waals surface area (Å²) in [5.41, 5.74) is 3.67. The molecule has 1 aromatic carbocycles. The molecule has 0 unspecified atom stereocenters. The zero-order chi connectivity index (χ0) is 23.8. The van der Waals surface area contributed by atoms with Crippen LogP contribution in [0.1, 0.15) is 77.7 Å². The fourth-order valence-electron chi connectivity index (χ4n) is 4.73. The number of carbonyl (C=O) groups excluding carboxylic acids is 1. The number of allylic oxidation sites excluding steroid dienone is 7. The van der Waals surface area contributed by atoms with Crippen molar-refractivity contribution < 1.29 is 9.72 Å². The second-order valence-electron chi connectivity index (χ2n) is 9.47. The molecule has 1 heterocycles. The quantitative estimate of drug-likeness (QED) is 0.158. The van der Waals surface area contributed by atoms with E-state index in [9.17, 15) is 14.9 Å². The van der Waals surface area contributed by atoms with Crippen LogP contribution in [-0.4, -0.2) is 17.3 Å². The molecule has 1 aliphatic carbocycles. The zero-order valence-corrected chi connectivity index (χ0v) is 20.2. The van der Waals surface area contributed by atoms with E-state index in [1.165, 1.54) is 74.4 Å². The maximum absolute atomic E-state index is 12.3. The Kier molecular flexibility index (Phi) is 8.43. The summed E-state index contributed by atoms with van der Waals surface area (Å²) in [6, 6.07) is 8.47. The third-order valence-electron chi connectivity index (χ3n) is 6.66. The Morgan fingerprint density at radius 3 is 2.33 bits per heavy atom. The minimum Gasteiger partial charge on any atom is -0.344 e. The number of nitrogens with zero attached hydrogens (tertiary/aromatic N) is 2. The molecule has 5 nitrogen and oxygen atoms in total. The number of rotatable bonds is 11. The number of nitro groups is 1. The highest BCUT2D eigenvalue weighted by molar-refractivity contribution is 6.07. The minimum absolute atomic E-state index is 0.0657. The van der Waals surface area contributed by atoms with Gasteiger partial charge in [0.05, 0.1) is 4.92 Å². The Bertz CT molecular complexity index is 998. The largest absolute Gasteiger partial charge is 0.344 e. The number of hydrogen-bond donors (Lipinski definition) is 0. The Morgan fingerprint density at radius 2 is 1.64 bits per heavy atom. The number of hydrogen-bond acceptors (Lipinski definition) is 4. The number of para-hydroxylation sites is 1. The molecule has 1 aromatic rings. The lowest BCUT2D eigenvalue weighted by atomic mass is 9.83. The predicted molar refractivity (Wildman–Crippen MR) is 135 cm³/mol. The third-order valence-corrected chi connectivity index (χ3v) is 6.66. The summed E-state index contributed by atoms with van der Waals surface area (Å²) in [7, 11) is 0. The van der Waals surface area contributed by atoms with Crippen molar-refractivity contribution in [3.05, 3.63) is 87.3 Å². The van der Waals surface area contributed by atoms with Gasteiger partial charge in [0.15, 0.2) is 5.78 Å². The number of ketones is 1. The molecule has 0 saturated heterocycles. The van der Waals surface area contributed by atoms with Crippen molar-refractivity contribution in [2.24, 2.45) is 0 Å². The molecule has 5 heteroatoms. The van der Waals surface area contributed by atoms with Gasteiger partial charge in [-0.05, 0) is 36.3 Å². The van der Waals surface area contributed by atoms with E-state index in [-0.39, 0.29) is 16.9 Å². The van der Waals surface area contributed by atoms with Crippen LogP contribution >= 0.6 is 0 Å². The Morgan fingerprint density at radius 1 is 0.970 bits per heavy atom. The summed E-state index contributed by atoms with van der Waals surface area (Å²) >= 11 is 0. The minimum atomic E-state index is -0.464. The molecule has 1 aliphatic heterocycles. The van der Waals surface area contributed by atoms with E-state index in [2.05, 4.69) is 49.9 Å². The lowest BCUT2D eigenvalue weighted by Crippen LogP contribution is -2.27. The molecule has 3 rings (SSSR count). The molecule has 0 N–H and O–H groups in total. The lowest BCUT2D eigenvalue weighted by Gasteiger charge is -2.27. The maximum Gasteiger partial charge on any atom is 0.270 e. The highest BCUT2D eigenvalue weighted by Crippen LogP contribution is 2.47. The summed E-state index contributed by atoms with van der Waals surface area (Å²) in [5, 5.41) is 11.1. The fraction of sp³-hybridized carbons (Fsp3) is 0.464. The third kappa shape index (κ3) is 5.89. The van der Waals surface area contributed by atoms with Gasteiger partial charge in [0.2, 0.25) is 0 Å². The summed E-state index contributed by atoms with van der Waals surface area (Å²) in [6.45, 7) is 7.57. The van der Waals surface area contributed by atoms with Crippen molar-refractivity contribution in [3.8, 4) is 0 Å². The Hall–Kier alpha value is -2.95. The number of benzene rings is 1. The zero-order valence-electron chi connectivity index (χ0n) is 20.2. The van der Waals surface area contributed by atoms with Crippen molar-refractivity contribution >= 4 is 11.5 Å². The smallest absolute Gasteiger partial charge is 0.270 e. The lowest BCUT2D eigenvalue weighted by molar-refractivity contribution is -0.419. The monoisotopic (exact) mass is 448 g/mol. The average Bonchev–Trinajstić information content (AvgIpc) is 3.01. The van der Waals surface area contributed by atoms with Crippen LogP contribution in [0.4, 0.5) is 5.69 Å². The highest BCUT2D eigenvalue weighted by Gasteiger charge is 2.39. The van der Waals surface area contributed by atoms with E-state index in [4.69, 9.17) is 0 Å². The molecule has 0 bridgehead atoms. The van der Waals surface area contributed by atoms with Gasteiger partial charge in [0.1, 0.15) is 0 Å². The van der Waals surface area contributed by atoms with Gasteiger partial charge >= 0.3 is 0 Å². The molecular weight excluding hydrogens is 412 g/mol. The number of anilines is 1. The van der Waals surface area contributed by atoms with Gasteiger partial charge in [0.25, 0.3) is 5.70 Å². The molecule has 0 aromatic heterocycles. The van der Waals surface area contributed by atoms with Crippen LogP contribution in [0.5, 0.6) is 0 Å². The van der Waals surface area contributed by atoms with Crippen LogP contribution in [0.2, 0.25) is 0 Å². The average molecular weight is 449 g/mol. The summed E-state index contributed by atoms with van der Waals surface area (Å²) in [6.07, 6.45) is 17.8. The van der Waals surface area contributed by atoms with Crippen LogP contribution < -0.4 is 4.90 Å². The van der Waals surface area contributed by atoms with Gasteiger partial charge in [-0.3, -0.25) is 14.9 Å². The first-order chi connectivity index (χ1) is 15.9. The van der Waals surface area contributed by atoms with E-state index in [1.54, 1.807) is 6.08 Å². The Balaban J connectivity index is 1.77. The molecule has 33 heavy (non-hydrogen) atoms. The summed E-state index contributed by atoms with van der Waals surface area (Å²) < 4.78 is 0. The second-order valence-corrected chi connectivity index (χ2v) is 9.47. The second kappa shape index (κ2) is 11.3. The molecule has 0 radical (unpaired) electrons.